The summed E-state index contributed by atoms with van der Waals surface area (Å²) in [4.78, 5) is 0. The molecule has 2 rings (SSSR count). The van der Waals surface area contributed by atoms with E-state index in [0.29, 0.717) is 35.4 Å². The fraction of sp³-hybridized carbons (Fsp3) is 0.250. The molecule has 0 saturated carbocycles. The van der Waals surface area contributed by atoms with Gasteiger partial charge in [0.25, 0.3) is 5.88 Å². The molecule has 5 nitrogen and oxygen atoms in total. The van der Waals surface area contributed by atoms with E-state index >= 15 is 0 Å². The maximum absolute atomic E-state index is 5.76. The van der Waals surface area contributed by atoms with Gasteiger partial charge in [-0.25, -0.2) is 0 Å². The van der Waals surface area contributed by atoms with Crippen molar-refractivity contribution in [3.63, 3.8) is 0 Å². The number of hydrogen-bond donors (Lipinski definition) is 0. The van der Waals surface area contributed by atoms with Crippen LogP contribution in [0.5, 0.6) is 17.4 Å². The maximum atomic E-state index is 5.76. The number of methoxy groups -OCH3 is 1. The summed E-state index contributed by atoms with van der Waals surface area (Å²) in [5, 5.41) is 8.10. The van der Waals surface area contributed by atoms with Crippen LogP contribution in [0.25, 0.3) is 5.76 Å². The summed E-state index contributed by atoms with van der Waals surface area (Å²) in [5.74, 6) is 1.94. The smallest absolute Gasteiger partial charge is 0.281 e. The number of para-hydroxylation sites is 1. The SMILES string of the molecule is C=C(OCC)c1cc(OC)c(Oc2ccccc2C)nn1. The topological polar surface area (TPSA) is 53.5 Å². The Hall–Kier alpha value is -2.56. The Bertz CT molecular complexity index is 641. The summed E-state index contributed by atoms with van der Waals surface area (Å²) < 4.78 is 16.4. The third-order valence-corrected chi connectivity index (χ3v) is 2.85. The molecule has 0 aliphatic carbocycles. The lowest BCUT2D eigenvalue weighted by molar-refractivity contribution is 0.296. The molecule has 1 heterocycles. The van der Waals surface area contributed by atoms with Crippen LogP contribution in [0.4, 0.5) is 0 Å². The van der Waals surface area contributed by atoms with E-state index in [1.54, 1.807) is 13.2 Å². The van der Waals surface area contributed by atoms with Gasteiger partial charge in [0.2, 0.25) is 0 Å². The predicted octanol–water partition coefficient (Wildman–Crippen LogP) is 3.59. The standard InChI is InChI=1S/C16H18N2O3/c1-5-20-12(3)13-10-15(19-4)16(18-17-13)21-14-9-7-6-8-11(14)2/h6-10H,3,5H2,1-2,4H3. The zero-order valence-electron chi connectivity index (χ0n) is 12.4. The number of benzene rings is 1. The number of aromatic nitrogens is 2. The van der Waals surface area contributed by atoms with Crippen LogP contribution in [0, 0.1) is 6.92 Å². The Labute approximate surface area is 124 Å². The van der Waals surface area contributed by atoms with Gasteiger partial charge in [0.1, 0.15) is 17.2 Å². The van der Waals surface area contributed by atoms with Gasteiger partial charge in [-0.2, -0.15) is 0 Å². The van der Waals surface area contributed by atoms with Crippen molar-refractivity contribution in [3.8, 4) is 17.4 Å². The molecular formula is C16H18N2O3. The summed E-state index contributed by atoms with van der Waals surface area (Å²) in [6, 6.07) is 9.36. The molecule has 0 aliphatic heterocycles. The van der Waals surface area contributed by atoms with E-state index in [0.717, 1.165) is 5.56 Å². The average Bonchev–Trinajstić information content (AvgIpc) is 2.50. The normalized spacial score (nSPS) is 10.0. The summed E-state index contributed by atoms with van der Waals surface area (Å²) in [7, 11) is 1.55. The summed E-state index contributed by atoms with van der Waals surface area (Å²) in [6.07, 6.45) is 0. The molecule has 1 aromatic carbocycles. The van der Waals surface area contributed by atoms with Gasteiger partial charge in [0.05, 0.1) is 13.7 Å². The fourth-order valence-electron chi connectivity index (χ4n) is 1.74. The van der Waals surface area contributed by atoms with Crippen LogP contribution < -0.4 is 9.47 Å². The molecule has 21 heavy (non-hydrogen) atoms. The summed E-state index contributed by atoms with van der Waals surface area (Å²) in [6.45, 7) is 8.15. The van der Waals surface area contributed by atoms with Gasteiger partial charge in [-0.1, -0.05) is 24.8 Å². The first-order chi connectivity index (χ1) is 10.2. The van der Waals surface area contributed by atoms with Crippen molar-refractivity contribution >= 4 is 5.76 Å². The minimum Gasteiger partial charge on any atom is -0.492 e. The molecular weight excluding hydrogens is 268 g/mol. The first-order valence-electron chi connectivity index (χ1n) is 6.63. The van der Waals surface area contributed by atoms with Gasteiger partial charge in [-0.3, -0.25) is 0 Å². The van der Waals surface area contributed by atoms with Crippen LogP contribution in [0.1, 0.15) is 18.2 Å². The molecule has 0 unspecified atom stereocenters. The van der Waals surface area contributed by atoms with Crippen LogP contribution in [0.15, 0.2) is 36.9 Å². The van der Waals surface area contributed by atoms with Gasteiger partial charge >= 0.3 is 0 Å². The minimum atomic E-state index is 0.305. The Morgan fingerprint density at radius 1 is 1.19 bits per heavy atom. The molecule has 0 fully saturated rings. The predicted molar refractivity (Wildman–Crippen MR) is 80.5 cm³/mol. The molecule has 0 amide bonds. The Morgan fingerprint density at radius 3 is 2.62 bits per heavy atom. The molecule has 0 N–H and O–H groups in total. The van der Waals surface area contributed by atoms with Crippen LogP contribution in [-0.4, -0.2) is 23.9 Å². The van der Waals surface area contributed by atoms with Gasteiger partial charge in [-0.15, -0.1) is 10.2 Å². The third kappa shape index (κ3) is 3.51. The highest BCUT2D eigenvalue weighted by Gasteiger charge is 2.13. The van der Waals surface area contributed by atoms with Crippen molar-refractivity contribution in [2.75, 3.05) is 13.7 Å². The van der Waals surface area contributed by atoms with Crippen LogP contribution in [0.2, 0.25) is 0 Å². The van der Waals surface area contributed by atoms with Crippen LogP contribution in [-0.2, 0) is 4.74 Å². The minimum absolute atomic E-state index is 0.305. The van der Waals surface area contributed by atoms with Crippen molar-refractivity contribution < 1.29 is 14.2 Å². The van der Waals surface area contributed by atoms with E-state index in [2.05, 4.69) is 16.8 Å². The molecule has 5 heteroatoms. The largest absolute Gasteiger partial charge is 0.492 e. The van der Waals surface area contributed by atoms with E-state index < -0.39 is 0 Å². The quantitative estimate of drug-likeness (QED) is 0.759. The number of aryl methyl sites for hydroxylation is 1. The second kappa shape index (κ2) is 6.74. The lowest BCUT2D eigenvalue weighted by Crippen LogP contribution is -2.01. The molecule has 0 atom stereocenters. The summed E-state index contributed by atoms with van der Waals surface area (Å²) in [5.41, 5.74) is 1.52. The van der Waals surface area contributed by atoms with Crippen LogP contribution >= 0.6 is 0 Å². The van der Waals surface area contributed by atoms with Crippen molar-refractivity contribution in [1.29, 1.82) is 0 Å². The van der Waals surface area contributed by atoms with Gasteiger partial charge < -0.3 is 14.2 Å². The molecule has 0 saturated heterocycles. The lowest BCUT2D eigenvalue weighted by atomic mass is 10.2. The molecule has 0 radical (unpaired) electrons. The van der Waals surface area contributed by atoms with Crippen molar-refractivity contribution in [2.45, 2.75) is 13.8 Å². The zero-order valence-corrected chi connectivity index (χ0v) is 12.4. The molecule has 0 aliphatic rings. The van der Waals surface area contributed by atoms with Crippen molar-refractivity contribution in [1.82, 2.24) is 10.2 Å². The van der Waals surface area contributed by atoms with Gasteiger partial charge in [0, 0.05) is 6.07 Å². The van der Waals surface area contributed by atoms with Crippen molar-refractivity contribution in [3.05, 3.63) is 48.2 Å². The first-order valence-corrected chi connectivity index (χ1v) is 6.63. The lowest BCUT2D eigenvalue weighted by Gasteiger charge is -2.12. The Morgan fingerprint density at radius 2 is 1.95 bits per heavy atom. The summed E-state index contributed by atoms with van der Waals surface area (Å²) >= 11 is 0. The van der Waals surface area contributed by atoms with Gasteiger partial charge in [-0.05, 0) is 25.5 Å². The van der Waals surface area contributed by atoms with Gasteiger partial charge in [0.15, 0.2) is 5.75 Å². The zero-order chi connectivity index (χ0) is 15.2. The second-order valence-corrected chi connectivity index (χ2v) is 4.33. The number of rotatable bonds is 6. The Balaban J connectivity index is 2.28. The maximum Gasteiger partial charge on any atom is 0.281 e. The number of hydrogen-bond acceptors (Lipinski definition) is 5. The van der Waals surface area contributed by atoms with E-state index in [4.69, 9.17) is 14.2 Å². The molecule has 1 aromatic heterocycles. The van der Waals surface area contributed by atoms with E-state index in [-0.39, 0.29) is 0 Å². The second-order valence-electron chi connectivity index (χ2n) is 4.33. The van der Waals surface area contributed by atoms with Crippen molar-refractivity contribution in [2.24, 2.45) is 0 Å². The van der Waals surface area contributed by atoms with E-state index in [1.165, 1.54) is 0 Å². The third-order valence-electron chi connectivity index (χ3n) is 2.85. The van der Waals surface area contributed by atoms with E-state index in [9.17, 15) is 0 Å². The highest BCUT2D eigenvalue weighted by atomic mass is 16.5. The number of nitrogens with zero attached hydrogens (tertiary/aromatic N) is 2. The monoisotopic (exact) mass is 286 g/mol. The molecule has 0 spiro atoms. The highest BCUT2D eigenvalue weighted by molar-refractivity contribution is 5.56. The fourth-order valence-corrected chi connectivity index (χ4v) is 1.74. The molecule has 110 valence electrons. The first kappa shape index (κ1) is 14.8. The Kier molecular flexibility index (Phi) is 4.77. The number of ether oxygens (including phenoxy) is 3. The van der Waals surface area contributed by atoms with E-state index in [1.807, 2.05) is 38.1 Å². The molecule has 2 aromatic rings. The molecule has 0 bridgehead atoms. The average molecular weight is 286 g/mol. The van der Waals surface area contributed by atoms with Crippen LogP contribution in [0.3, 0.4) is 0 Å². The highest BCUT2D eigenvalue weighted by Crippen LogP contribution is 2.31.